The van der Waals surface area contributed by atoms with Crippen LogP contribution in [0.2, 0.25) is 0 Å². The number of hydrogen-bond acceptors (Lipinski definition) is 12. The van der Waals surface area contributed by atoms with Gasteiger partial charge in [0.1, 0.15) is 0 Å². The molecule has 1 atom stereocenters. The number of nitrogens with zero attached hydrogens (tertiary/aromatic N) is 1. The van der Waals surface area contributed by atoms with Crippen LogP contribution in [0.15, 0.2) is 93.5 Å². The molecule has 0 saturated heterocycles. The summed E-state index contributed by atoms with van der Waals surface area (Å²) in [5, 5.41) is 12.7. The van der Waals surface area contributed by atoms with Gasteiger partial charge in [-0.1, -0.05) is 32.0 Å². The lowest BCUT2D eigenvalue weighted by Crippen LogP contribution is -2.54. The van der Waals surface area contributed by atoms with Crippen LogP contribution in [-0.4, -0.2) is 79.7 Å². The number of hydrogen-bond donors (Lipinski definition) is 5. The Morgan fingerprint density at radius 3 is 1.76 bits per heavy atom. The van der Waals surface area contributed by atoms with Crippen molar-refractivity contribution in [3.05, 3.63) is 146 Å². The average Bonchev–Trinajstić information content (AvgIpc) is 3.21. The third kappa shape index (κ3) is 10.8. The summed E-state index contributed by atoms with van der Waals surface area (Å²) in [6.45, 7) is 7.27. The van der Waals surface area contributed by atoms with Crippen molar-refractivity contribution >= 4 is 75.6 Å². The number of halogens is 4. The van der Waals surface area contributed by atoms with Crippen LogP contribution >= 0.6 is 11.8 Å². The van der Waals surface area contributed by atoms with Crippen LogP contribution in [0.4, 0.5) is 28.9 Å². The van der Waals surface area contributed by atoms with Gasteiger partial charge in [-0.3, -0.25) is 18.5 Å². The van der Waals surface area contributed by atoms with Crippen LogP contribution in [0.3, 0.4) is 0 Å². The lowest BCUT2D eigenvalue weighted by Gasteiger charge is -2.37. The third-order valence-corrected chi connectivity index (χ3v) is 15.1. The number of anilines is 2. The molecule has 0 aromatic heterocycles. The van der Waals surface area contributed by atoms with Gasteiger partial charge in [0.05, 0.1) is 31.8 Å². The Hall–Kier alpha value is -5.54. The molecule has 0 bridgehead atoms. The number of rotatable bonds is 12. The summed E-state index contributed by atoms with van der Waals surface area (Å²) in [6, 6.07) is 18.2. The van der Waals surface area contributed by atoms with Crippen LogP contribution in [0.5, 0.6) is 0 Å². The topological polar surface area (TPSA) is 267 Å². The molecule has 16 nitrogen and oxygen atoms in total. The average molecular weight is 1040 g/mol. The fraction of sp³-hybridized carbons (Fsp3) is 0.256. The highest BCUT2D eigenvalue weighted by atomic mass is 32.2. The van der Waals surface area contributed by atoms with Crippen molar-refractivity contribution in [1.29, 1.82) is 0 Å². The fourth-order valence-electron chi connectivity index (χ4n) is 8.58. The minimum absolute atomic E-state index is 0.0455. The van der Waals surface area contributed by atoms with Gasteiger partial charge in [-0.25, -0.2) is 22.1 Å². The van der Waals surface area contributed by atoms with E-state index in [2.05, 4.69) is 5.32 Å². The quantitative estimate of drug-likeness (QED) is 0.0345. The molecular formula is C43H39F4N2O14S5+. The summed E-state index contributed by atoms with van der Waals surface area (Å²) in [5.41, 5.74) is -1.10. The monoisotopic (exact) mass is 1040 g/mol. The molecule has 25 heteroatoms. The maximum atomic E-state index is 16.6. The number of carboxylic acid groups (broad SMARTS) is 1. The summed E-state index contributed by atoms with van der Waals surface area (Å²) < 4.78 is 194. The second kappa shape index (κ2) is 18.8. The molecule has 1 heterocycles. The molecule has 0 amide bonds. The highest BCUT2D eigenvalue weighted by molar-refractivity contribution is 8.00. The van der Waals surface area contributed by atoms with E-state index in [4.69, 9.17) is 17.7 Å². The lowest BCUT2D eigenvalue weighted by molar-refractivity contribution is -0.133. The molecule has 2 aliphatic rings. The number of fused-ring (bicyclic) bond motifs is 3. The van der Waals surface area contributed by atoms with E-state index in [1.54, 1.807) is 26.0 Å². The number of carbonyl (C=O) groups is 1. The van der Waals surface area contributed by atoms with Crippen molar-refractivity contribution in [2.75, 3.05) is 16.8 Å². The van der Waals surface area contributed by atoms with E-state index in [0.29, 0.717) is 33.4 Å². The maximum absolute atomic E-state index is 16.6. The predicted molar refractivity (Wildman–Crippen MR) is 239 cm³/mol. The highest BCUT2D eigenvalue weighted by Crippen LogP contribution is 2.45. The number of carboxylic acids is 1. The minimum Gasteiger partial charge on any atom is -0.481 e. The Balaban J connectivity index is 0.00000183. The highest BCUT2D eigenvalue weighted by Gasteiger charge is 2.44. The van der Waals surface area contributed by atoms with E-state index in [1.165, 1.54) is 54.6 Å². The SMILES string of the molecule is CC1(C)c2cc(Nc3ccc(S(=O)(=O)O)cc3)ccc2C(c2c(F)c(F)c(SCC(=O)O)c(F)c2F)=c2cc3c(cc21)=[N+](Cc1ccc(S(=O)(=O)O)cc1)C(C)(C)CC3CS(=O)(=O)O.O=S(=O)=O. The van der Waals surface area contributed by atoms with Crippen LogP contribution in [0.1, 0.15) is 73.4 Å². The smallest absolute Gasteiger partial charge is 0.425 e. The Morgan fingerprint density at radius 2 is 1.26 bits per heavy atom. The second-order valence-electron chi connectivity index (χ2n) is 16.9. The van der Waals surface area contributed by atoms with Gasteiger partial charge >= 0.3 is 16.6 Å². The number of nitrogens with one attached hydrogen (secondary N) is 1. The Morgan fingerprint density at radius 1 is 0.750 bits per heavy atom. The van der Waals surface area contributed by atoms with Gasteiger partial charge in [-0.15, -0.1) is 24.4 Å². The zero-order valence-corrected chi connectivity index (χ0v) is 39.9. The minimum atomic E-state index is -4.67. The molecule has 362 valence electrons. The largest absolute Gasteiger partial charge is 0.481 e. The van der Waals surface area contributed by atoms with Crippen molar-refractivity contribution in [3.8, 4) is 0 Å². The number of thioether (sulfide) groups is 1. The van der Waals surface area contributed by atoms with Crippen molar-refractivity contribution in [1.82, 2.24) is 4.58 Å². The van der Waals surface area contributed by atoms with Crippen LogP contribution in [-0.2, 0) is 57.7 Å². The van der Waals surface area contributed by atoms with Crippen LogP contribution in [0, 0.1) is 23.3 Å². The summed E-state index contributed by atoms with van der Waals surface area (Å²) in [7, 11) is -16.8. The number of aliphatic carboxylic acids is 1. The second-order valence-corrected chi connectivity index (χ2v) is 22.6. The fourth-order valence-corrected chi connectivity index (χ4v) is 11.0. The summed E-state index contributed by atoms with van der Waals surface area (Å²) in [5.74, 6) is -11.5. The van der Waals surface area contributed by atoms with E-state index in [0.717, 1.165) is 12.1 Å². The molecule has 5 aromatic rings. The first-order valence-electron chi connectivity index (χ1n) is 19.6. The van der Waals surface area contributed by atoms with Gasteiger partial charge in [0.15, 0.2) is 35.4 Å². The molecule has 7 rings (SSSR count). The molecular weight excluding hydrogens is 1000 g/mol. The van der Waals surface area contributed by atoms with E-state index in [-0.39, 0.29) is 56.4 Å². The van der Waals surface area contributed by atoms with Crippen molar-refractivity contribution < 1.29 is 79.0 Å². The first-order valence-corrected chi connectivity index (χ1v) is 26.1. The van der Waals surface area contributed by atoms with Crippen molar-refractivity contribution in [3.63, 3.8) is 0 Å². The zero-order chi connectivity index (χ0) is 50.6. The first kappa shape index (κ1) is 51.8. The van der Waals surface area contributed by atoms with E-state index < -0.39 is 109 Å². The van der Waals surface area contributed by atoms with Gasteiger partial charge in [0.25, 0.3) is 30.4 Å². The molecule has 0 fully saturated rings. The molecule has 5 aromatic carbocycles. The lowest BCUT2D eigenvalue weighted by atomic mass is 9.67. The van der Waals surface area contributed by atoms with Crippen molar-refractivity contribution in [2.24, 2.45) is 0 Å². The standard InChI is InChI=1S/C43H38F4N2O11S4.O3S/c1-42(2)18-23(21-62(52,53)54)29-16-30-32(17-33(29)49(42)19-22-5-10-26(11-6-22)63(55,56)57)43(3,4)31-15-25(48-24-7-12-27(13-8-24)64(58,59)60)9-14-28(31)35(30)36-37(44)39(46)41(40(47)38(36)45)61-20-34(50)51;1-4(2)3/h5-17,23H,18-21H2,1-4H3,(H4,50,51,52,53,54,55,56,57,58,59,60);/p+1. The molecule has 5 N–H and O–H groups in total. The summed E-state index contributed by atoms with van der Waals surface area (Å²) in [4.78, 5) is 9.35. The Kier molecular flexibility index (Phi) is 14.3. The van der Waals surface area contributed by atoms with Gasteiger partial charge in [0, 0.05) is 51.9 Å². The van der Waals surface area contributed by atoms with E-state index in [1.807, 2.05) is 18.4 Å². The van der Waals surface area contributed by atoms with Crippen LogP contribution < -0.4 is 20.5 Å². The molecule has 1 aliphatic heterocycles. The third-order valence-electron chi connectivity index (χ3n) is 11.5. The zero-order valence-electron chi connectivity index (χ0n) is 35.8. The summed E-state index contributed by atoms with van der Waals surface area (Å²) >= 11 is 0.0455. The Labute approximate surface area is 392 Å². The Bertz CT molecular complexity index is 3490. The molecule has 0 saturated carbocycles. The first-order chi connectivity index (χ1) is 31.3. The van der Waals surface area contributed by atoms with Crippen LogP contribution in [0.25, 0.3) is 5.57 Å². The molecule has 0 spiro atoms. The maximum Gasteiger partial charge on any atom is 0.425 e. The molecule has 1 unspecified atom stereocenters. The van der Waals surface area contributed by atoms with Gasteiger partial charge in [0.2, 0.25) is 5.36 Å². The van der Waals surface area contributed by atoms with Gasteiger partial charge in [-0.05, 0) is 90.4 Å². The van der Waals surface area contributed by atoms with Gasteiger partial charge < -0.3 is 10.4 Å². The molecule has 68 heavy (non-hydrogen) atoms. The normalized spacial score (nSPS) is 16.1. The van der Waals surface area contributed by atoms with Crippen molar-refractivity contribution in [2.45, 2.75) is 72.2 Å². The summed E-state index contributed by atoms with van der Waals surface area (Å²) in [6.07, 6.45) is 0.0821. The van der Waals surface area contributed by atoms with E-state index >= 15 is 17.6 Å². The number of benzene rings is 5. The predicted octanol–water partition coefficient (Wildman–Crippen LogP) is 5.38. The molecule has 1 aliphatic carbocycles. The van der Waals surface area contributed by atoms with Gasteiger partial charge in [-0.2, -0.15) is 25.3 Å². The molecule has 0 radical (unpaired) electrons. The van der Waals surface area contributed by atoms with E-state index in [9.17, 15) is 43.7 Å².